The highest BCUT2D eigenvalue weighted by atomic mass is 32.2. The molecule has 140 valence electrons. The Kier molecular flexibility index (Phi) is 5.33. The summed E-state index contributed by atoms with van der Waals surface area (Å²) in [5, 5.41) is 8.77. The Hall–Kier alpha value is -1.94. The minimum absolute atomic E-state index is 0.00124. The zero-order valence-corrected chi connectivity index (χ0v) is 15.3. The molecule has 2 aliphatic rings. The van der Waals surface area contributed by atoms with Crippen molar-refractivity contribution < 1.29 is 27.5 Å². The van der Waals surface area contributed by atoms with Gasteiger partial charge in [0.15, 0.2) is 15.0 Å². The molecule has 0 radical (unpaired) electrons. The summed E-state index contributed by atoms with van der Waals surface area (Å²) in [5.74, 6) is -1.89. The van der Waals surface area contributed by atoms with Crippen molar-refractivity contribution in [3.05, 3.63) is 30.1 Å². The molecule has 26 heavy (non-hydrogen) atoms. The molecule has 2 fully saturated rings. The van der Waals surface area contributed by atoms with Crippen molar-refractivity contribution in [3.8, 4) is 0 Å². The number of carboxylic acids is 1. The zero-order valence-electron chi connectivity index (χ0n) is 13.7. The third-order valence-corrected chi connectivity index (χ3v) is 7.38. The lowest BCUT2D eigenvalue weighted by Gasteiger charge is -2.24. The highest BCUT2D eigenvalue weighted by molar-refractivity contribution is 8.16. The van der Waals surface area contributed by atoms with Gasteiger partial charge in [0.1, 0.15) is 5.82 Å². The number of amides is 1. The van der Waals surface area contributed by atoms with Gasteiger partial charge < -0.3 is 10.0 Å². The van der Waals surface area contributed by atoms with Gasteiger partial charge in [-0.3, -0.25) is 9.59 Å². The van der Waals surface area contributed by atoms with Crippen molar-refractivity contribution >= 4 is 44.3 Å². The minimum atomic E-state index is -3.17. The van der Waals surface area contributed by atoms with Gasteiger partial charge in [0.2, 0.25) is 5.91 Å². The summed E-state index contributed by atoms with van der Waals surface area (Å²) in [7, 11) is -3.17. The maximum atomic E-state index is 13.2. The van der Waals surface area contributed by atoms with Gasteiger partial charge in [0.05, 0.1) is 17.5 Å². The number of aliphatic carboxylic acids is 1. The number of benzene rings is 1. The molecule has 0 unspecified atom stereocenters. The number of thioether (sulfide) groups is 1. The Labute approximate surface area is 154 Å². The Balaban J connectivity index is 1.84. The van der Waals surface area contributed by atoms with E-state index in [4.69, 9.17) is 5.11 Å². The van der Waals surface area contributed by atoms with Gasteiger partial charge in [-0.05, 0) is 30.7 Å². The van der Waals surface area contributed by atoms with E-state index in [1.165, 1.54) is 36.0 Å². The van der Waals surface area contributed by atoms with Crippen molar-refractivity contribution in [1.29, 1.82) is 0 Å². The molecular formula is C16H17FN2O5S2. The number of carbonyl (C=O) groups excluding carboxylic acids is 1. The number of aliphatic imine (C=N–C) groups is 1. The number of anilines is 1. The topological polar surface area (TPSA) is 104 Å². The van der Waals surface area contributed by atoms with Crippen molar-refractivity contribution in [2.75, 3.05) is 16.4 Å². The average molecular weight is 400 g/mol. The number of fused-ring (bicyclic) bond motifs is 1. The van der Waals surface area contributed by atoms with Crippen LogP contribution in [-0.2, 0) is 19.4 Å². The van der Waals surface area contributed by atoms with Crippen LogP contribution in [0.15, 0.2) is 29.3 Å². The number of nitrogens with zero attached hydrogens (tertiary/aromatic N) is 2. The van der Waals surface area contributed by atoms with Crippen molar-refractivity contribution in [1.82, 2.24) is 0 Å². The van der Waals surface area contributed by atoms with Gasteiger partial charge in [-0.1, -0.05) is 11.8 Å². The van der Waals surface area contributed by atoms with Crippen molar-refractivity contribution in [3.63, 3.8) is 0 Å². The lowest BCUT2D eigenvalue weighted by atomic mass is 10.2. The summed E-state index contributed by atoms with van der Waals surface area (Å²) in [6, 6.07) is 5.22. The average Bonchev–Trinajstić information content (AvgIpc) is 2.99. The highest BCUT2D eigenvalue weighted by Crippen LogP contribution is 2.41. The molecule has 0 aliphatic carbocycles. The van der Waals surface area contributed by atoms with E-state index in [1.54, 1.807) is 4.90 Å². The van der Waals surface area contributed by atoms with E-state index in [-0.39, 0.29) is 42.1 Å². The fourth-order valence-corrected chi connectivity index (χ4v) is 6.95. The molecule has 7 nitrogen and oxygen atoms in total. The van der Waals surface area contributed by atoms with Gasteiger partial charge in [0, 0.05) is 23.8 Å². The summed E-state index contributed by atoms with van der Waals surface area (Å²) in [6.07, 6.45) is 0.0730. The van der Waals surface area contributed by atoms with Crippen LogP contribution in [0.3, 0.4) is 0 Å². The van der Waals surface area contributed by atoms with Gasteiger partial charge in [-0.15, -0.1) is 0 Å². The van der Waals surface area contributed by atoms with Crippen LogP contribution in [0.4, 0.5) is 10.1 Å². The van der Waals surface area contributed by atoms with E-state index in [9.17, 15) is 22.4 Å². The first-order chi connectivity index (χ1) is 12.2. The molecule has 0 saturated carbocycles. The largest absolute Gasteiger partial charge is 0.481 e. The molecule has 2 atom stereocenters. The summed E-state index contributed by atoms with van der Waals surface area (Å²) < 4.78 is 37.1. The molecule has 1 aromatic carbocycles. The Morgan fingerprint density at radius 2 is 1.92 bits per heavy atom. The molecule has 1 amide bonds. The van der Waals surface area contributed by atoms with Gasteiger partial charge in [0.25, 0.3) is 0 Å². The lowest BCUT2D eigenvalue weighted by Crippen LogP contribution is -2.37. The Morgan fingerprint density at radius 1 is 1.23 bits per heavy atom. The number of hydrogen-bond acceptors (Lipinski definition) is 5. The van der Waals surface area contributed by atoms with Crippen LogP contribution in [0.25, 0.3) is 0 Å². The number of carboxylic acid groups (broad SMARTS) is 1. The molecule has 2 saturated heterocycles. The van der Waals surface area contributed by atoms with Crippen LogP contribution >= 0.6 is 11.8 Å². The number of rotatable bonds is 5. The lowest BCUT2D eigenvalue weighted by molar-refractivity contribution is -0.137. The fourth-order valence-electron chi connectivity index (χ4n) is 3.02. The molecule has 1 N–H and O–H groups in total. The molecule has 0 spiro atoms. The molecular weight excluding hydrogens is 383 g/mol. The Morgan fingerprint density at radius 3 is 2.58 bits per heavy atom. The molecule has 10 heteroatoms. The third kappa shape index (κ3) is 4.24. The second-order valence-electron chi connectivity index (χ2n) is 6.18. The van der Waals surface area contributed by atoms with Gasteiger partial charge >= 0.3 is 5.97 Å². The summed E-state index contributed by atoms with van der Waals surface area (Å²) in [6.45, 7) is 0. The summed E-state index contributed by atoms with van der Waals surface area (Å²) in [4.78, 5) is 28.3. The van der Waals surface area contributed by atoms with E-state index in [0.717, 1.165) is 0 Å². The van der Waals surface area contributed by atoms with Crippen LogP contribution in [0.1, 0.15) is 19.3 Å². The van der Waals surface area contributed by atoms with E-state index < -0.39 is 27.5 Å². The van der Waals surface area contributed by atoms with Crippen LogP contribution < -0.4 is 4.90 Å². The van der Waals surface area contributed by atoms with E-state index >= 15 is 0 Å². The SMILES string of the molecule is O=C(O)CCCC(=O)N=C1S[C@H]2CS(=O)(=O)C[C@H]2N1c1ccc(F)cc1. The first-order valence-electron chi connectivity index (χ1n) is 8.00. The number of amidine groups is 1. The molecule has 1 aromatic rings. The van der Waals surface area contributed by atoms with Gasteiger partial charge in [-0.25, -0.2) is 12.8 Å². The van der Waals surface area contributed by atoms with Crippen LogP contribution in [-0.4, -0.2) is 53.4 Å². The van der Waals surface area contributed by atoms with Crippen LogP contribution in [0.2, 0.25) is 0 Å². The quantitative estimate of drug-likeness (QED) is 0.802. The number of carbonyl (C=O) groups is 2. The predicted octanol–water partition coefficient (Wildman–Crippen LogP) is 1.68. The van der Waals surface area contributed by atoms with Gasteiger partial charge in [-0.2, -0.15) is 4.99 Å². The summed E-state index contributed by atoms with van der Waals surface area (Å²) in [5.41, 5.74) is 0.570. The number of halogens is 1. The molecule has 2 aliphatic heterocycles. The normalized spacial score (nSPS) is 25.4. The van der Waals surface area contributed by atoms with Crippen LogP contribution in [0, 0.1) is 5.82 Å². The van der Waals surface area contributed by atoms with Crippen LogP contribution in [0.5, 0.6) is 0 Å². The second kappa shape index (κ2) is 7.36. The molecule has 0 bridgehead atoms. The second-order valence-corrected chi connectivity index (χ2v) is 9.54. The molecule has 2 heterocycles. The molecule has 0 aromatic heterocycles. The number of hydrogen-bond donors (Lipinski definition) is 1. The van der Waals surface area contributed by atoms with E-state index in [2.05, 4.69) is 4.99 Å². The highest BCUT2D eigenvalue weighted by Gasteiger charge is 2.49. The standard InChI is InChI=1S/C16H17FN2O5S2/c17-10-4-6-11(7-5-10)19-12-8-26(23,24)9-13(12)25-16(19)18-14(20)2-1-3-15(21)22/h4-7,12-13H,1-3,8-9H2,(H,21,22)/t12-,13+/m1/s1. The van der Waals surface area contributed by atoms with Crippen molar-refractivity contribution in [2.45, 2.75) is 30.6 Å². The zero-order chi connectivity index (χ0) is 18.9. The minimum Gasteiger partial charge on any atom is -0.481 e. The first kappa shape index (κ1) is 18.8. The maximum absolute atomic E-state index is 13.2. The third-order valence-electron chi connectivity index (χ3n) is 4.17. The van der Waals surface area contributed by atoms with Crippen molar-refractivity contribution in [2.24, 2.45) is 4.99 Å². The Bertz CT molecular complexity index is 854. The monoisotopic (exact) mass is 400 g/mol. The summed E-state index contributed by atoms with van der Waals surface area (Å²) >= 11 is 1.22. The van der Waals surface area contributed by atoms with E-state index in [1.807, 2.05) is 0 Å². The first-order valence-corrected chi connectivity index (χ1v) is 10.7. The maximum Gasteiger partial charge on any atom is 0.303 e. The number of sulfone groups is 1. The smallest absolute Gasteiger partial charge is 0.303 e. The molecule has 3 rings (SSSR count). The fraction of sp³-hybridized carbons (Fsp3) is 0.438. The van der Waals surface area contributed by atoms with E-state index in [0.29, 0.717) is 10.9 Å². The predicted molar refractivity (Wildman–Crippen MR) is 96.6 cm³/mol.